The minimum atomic E-state index is -0.584. The van der Waals surface area contributed by atoms with Crippen molar-refractivity contribution >= 4 is 23.5 Å². The molecule has 25 heavy (non-hydrogen) atoms. The SMILES string of the molecule is CCOC(=O)C1CCN(C(=O)[C@H](C)Oc2cc(C)c(Cl)c(C)c2)CC1. The third-order valence-corrected chi connectivity index (χ3v) is 5.09. The highest BCUT2D eigenvalue weighted by molar-refractivity contribution is 6.32. The molecule has 0 bridgehead atoms. The van der Waals surface area contributed by atoms with E-state index in [0.717, 1.165) is 11.1 Å². The van der Waals surface area contributed by atoms with Gasteiger partial charge in [-0.15, -0.1) is 0 Å². The minimum Gasteiger partial charge on any atom is -0.481 e. The second kappa shape index (κ2) is 8.56. The van der Waals surface area contributed by atoms with Crippen LogP contribution in [-0.4, -0.2) is 42.6 Å². The molecule has 1 aromatic rings. The van der Waals surface area contributed by atoms with Gasteiger partial charge in [-0.3, -0.25) is 9.59 Å². The van der Waals surface area contributed by atoms with Crippen molar-refractivity contribution < 1.29 is 19.1 Å². The third kappa shape index (κ3) is 4.88. The Morgan fingerprint density at radius 2 is 1.80 bits per heavy atom. The van der Waals surface area contributed by atoms with Crippen molar-refractivity contribution in [1.29, 1.82) is 0 Å². The third-order valence-electron chi connectivity index (χ3n) is 4.50. The van der Waals surface area contributed by atoms with Crippen LogP contribution in [0, 0.1) is 19.8 Å². The molecule has 1 aliphatic heterocycles. The summed E-state index contributed by atoms with van der Waals surface area (Å²) in [6.45, 7) is 8.87. The Bertz CT molecular complexity index is 615. The molecule has 1 aliphatic rings. The lowest BCUT2D eigenvalue weighted by atomic mass is 9.97. The van der Waals surface area contributed by atoms with Crippen molar-refractivity contribution in [3.8, 4) is 5.75 Å². The fourth-order valence-corrected chi connectivity index (χ4v) is 3.19. The van der Waals surface area contributed by atoms with Gasteiger partial charge in [0.15, 0.2) is 6.10 Å². The van der Waals surface area contributed by atoms with Crippen molar-refractivity contribution in [3.05, 3.63) is 28.3 Å². The fourth-order valence-electron chi connectivity index (χ4n) is 3.08. The highest BCUT2D eigenvalue weighted by atomic mass is 35.5. The van der Waals surface area contributed by atoms with E-state index >= 15 is 0 Å². The van der Waals surface area contributed by atoms with Crippen molar-refractivity contribution in [1.82, 2.24) is 4.90 Å². The lowest BCUT2D eigenvalue weighted by molar-refractivity contribution is -0.152. The Balaban J connectivity index is 1.92. The van der Waals surface area contributed by atoms with Crippen molar-refractivity contribution in [2.24, 2.45) is 5.92 Å². The van der Waals surface area contributed by atoms with Crippen LogP contribution in [0.2, 0.25) is 5.02 Å². The molecule has 1 saturated heterocycles. The van der Waals surface area contributed by atoms with Gasteiger partial charge >= 0.3 is 5.97 Å². The number of rotatable bonds is 5. The van der Waals surface area contributed by atoms with Crippen LogP contribution < -0.4 is 4.74 Å². The number of ether oxygens (including phenoxy) is 2. The Morgan fingerprint density at radius 3 is 2.32 bits per heavy atom. The average Bonchev–Trinajstić information content (AvgIpc) is 2.59. The van der Waals surface area contributed by atoms with Crippen LogP contribution in [-0.2, 0) is 14.3 Å². The molecule has 0 saturated carbocycles. The number of halogens is 1. The van der Waals surface area contributed by atoms with E-state index < -0.39 is 6.10 Å². The maximum absolute atomic E-state index is 12.6. The predicted molar refractivity (Wildman–Crippen MR) is 97.0 cm³/mol. The molecule has 0 aliphatic carbocycles. The number of amides is 1. The summed E-state index contributed by atoms with van der Waals surface area (Å²) in [5, 5.41) is 0.715. The van der Waals surface area contributed by atoms with Gasteiger partial charge in [-0.25, -0.2) is 0 Å². The molecule has 0 aromatic heterocycles. The highest BCUT2D eigenvalue weighted by Gasteiger charge is 2.30. The number of carbonyl (C=O) groups is 2. The van der Waals surface area contributed by atoms with Gasteiger partial charge in [0.25, 0.3) is 5.91 Å². The molecule has 0 unspecified atom stereocenters. The van der Waals surface area contributed by atoms with E-state index in [2.05, 4.69) is 0 Å². The number of nitrogens with zero attached hydrogens (tertiary/aromatic N) is 1. The van der Waals surface area contributed by atoms with Gasteiger partial charge in [0, 0.05) is 18.1 Å². The molecular weight excluding hydrogens is 342 g/mol. The number of carbonyl (C=O) groups excluding carboxylic acids is 2. The van der Waals surface area contributed by atoms with Crippen molar-refractivity contribution in [2.45, 2.75) is 46.6 Å². The summed E-state index contributed by atoms with van der Waals surface area (Å²) in [4.78, 5) is 26.1. The largest absolute Gasteiger partial charge is 0.481 e. The van der Waals surface area contributed by atoms with E-state index in [-0.39, 0.29) is 17.8 Å². The van der Waals surface area contributed by atoms with Crippen molar-refractivity contribution in [3.63, 3.8) is 0 Å². The molecule has 6 heteroatoms. The summed E-state index contributed by atoms with van der Waals surface area (Å²) in [7, 11) is 0. The smallest absolute Gasteiger partial charge is 0.309 e. The predicted octanol–water partition coefficient (Wildman–Crippen LogP) is 3.53. The topological polar surface area (TPSA) is 55.8 Å². The molecule has 0 spiro atoms. The van der Waals surface area contributed by atoms with Crippen LogP contribution in [0.5, 0.6) is 5.75 Å². The van der Waals surface area contributed by atoms with Crippen LogP contribution in [0.25, 0.3) is 0 Å². The standard InChI is InChI=1S/C19H26ClNO4/c1-5-24-19(23)15-6-8-21(9-7-15)18(22)14(4)25-16-10-12(2)17(20)13(3)11-16/h10-11,14-15H,5-9H2,1-4H3/t14-/m0/s1. The monoisotopic (exact) mass is 367 g/mol. The van der Waals surface area contributed by atoms with Gasteiger partial charge < -0.3 is 14.4 Å². The van der Waals surface area contributed by atoms with Gasteiger partial charge in [0.05, 0.1) is 12.5 Å². The Kier molecular flexibility index (Phi) is 6.71. The summed E-state index contributed by atoms with van der Waals surface area (Å²) in [5.41, 5.74) is 1.85. The summed E-state index contributed by atoms with van der Waals surface area (Å²) in [6.07, 6.45) is 0.687. The van der Waals surface area contributed by atoms with Gasteiger partial charge in [-0.1, -0.05) is 11.6 Å². The molecule has 2 rings (SSSR count). The summed E-state index contributed by atoms with van der Waals surface area (Å²) in [5.74, 6) is 0.307. The molecule has 1 heterocycles. The number of hydrogen-bond acceptors (Lipinski definition) is 4. The lowest BCUT2D eigenvalue weighted by Crippen LogP contribution is -2.45. The first-order valence-corrected chi connectivity index (χ1v) is 9.10. The molecule has 1 aromatic carbocycles. The van der Waals surface area contributed by atoms with E-state index in [1.54, 1.807) is 18.7 Å². The first-order valence-electron chi connectivity index (χ1n) is 8.72. The zero-order valence-corrected chi connectivity index (χ0v) is 16.1. The minimum absolute atomic E-state index is 0.0624. The molecule has 5 nitrogen and oxygen atoms in total. The summed E-state index contributed by atoms with van der Waals surface area (Å²) in [6, 6.07) is 3.68. The Labute approximate surface area is 154 Å². The van der Waals surface area contributed by atoms with Crippen molar-refractivity contribution in [2.75, 3.05) is 19.7 Å². The van der Waals surface area contributed by atoms with Gasteiger partial charge in [0.1, 0.15) is 5.75 Å². The summed E-state index contributed by atoms with van der Waals surface area (Å²) >= 11 is 6.16. The number of likely N-dealkylation sites (tertiary alicyclic amines) is 1. The molecule has 0 N–H and O–H groups in total. The number of esters is 1. The number of hydrogen-bond donors (Lipinski definition) is 0. The molecule has 138 valence electrons. The van der Waals surface area contributed by atoms with Crippen LogP contribution in [0.15, 0.2) is 12.1 Å². The van der Waals surface area contributed by atoms with E-state index in [9.17, 15) is 9.59 Å². The zero-order valence-electron chi connectivity index (χ0n) is 15.3. The number of aryl methyl sites for hydroxylation is 2. The molecular formula is C19H26ClNO4. The van der Waals surface area contributed by atoms with Crippen LogP contribution in [0.4, 0.5) is 0 Å². The molecule has 1 atom stereocenters. The fraction of sp³-hybridized carbons (Fsp3) is 0.579. The number of piperidine rings is 1. The van der Waals surface area contributed by atoms with Gasteiger partial charge in [-0.05, 0) is 63.8 Å². The van der Waals surface area contributed by atoms with Crippen LogP contribution in [0.3, 0.4) is 0 Å². The van der Waals surface area contributed by atoms with E-state index in [4.69, 9.17) is 21.1 Å². The van der Waals surface area contributed by atoms with Crippen LogP contribution >= 0.6 is 11.6 Å². The Morgan fingerprint density at radius 1 is 1.24 bits per heavy atom. The molecule has 1 fully saturated rings. The highest BCUT2D eigenvalue weighted by Crippen LogP contribution is 2.27. The van der Waals surface area contributed by atoms with Gasteiger partial charge in [-0.2, -0.15) is 0 Å². The first-order chi connectivity index (χ1) is 11.8. The second-order valence-corrected chi connectivity index (χ2v) is 6.86. The maximum atomic E-state index is 12.6. The summed E-state index contributed by atoms with van der Waals surface area (Å²) < 4.78 is 10.9. The van der Waals surface area contributed by atoms with E-state index in [1.165, 1.54) is 0 Å². The first kappa shape index (κ1) is 19.6. The Hall–Kier alpha value is -1.75. The normalized spacial score (nSPS) is 16.4. The second-order valence-electron chi connectivity index (χ2n) is 6.48. The van der Waals surface area contributed by atoms with Crippen LogP contribution in [0.1, 0.15) is 37.8 Å². The quantitative estimate of drug-likeness (QED) is 0.747. The lowest BCUT2D eigenvalue weighted by Gasteiger charge is -2.32. The molecule has 1 amide bonds. The zero-order chi connectivity index (χ0) is 18.6. The van der Waals surface area contributed by atoms with E-state index in [1.807, 2.05) is 26.0 Å². The molecule has 0 radical (unpaired) electrons. The average molecular weight is 368 g/mol. The maximum Gasteiger partial charge on any atom is 0.309 e. The van der Waals surface area contributed by atoms with Gasteiger partial charge in [0.2, 0.25) is 0 Å². The number of benzene rings is 1. The van der Waals surface area contributed by atoms with E-state index in [0.29, 0.717) is 43.3 Å².